The van der Waals surface area contributed by atoms with Gasteiger partial charge in [0.2, 0.25) is 0 Å². The third-order valence-electron chi connectivity index (χ3n) is 8.13. The molecule has 0 radical (unpaired) electrons. The van der Waals surface area contributed by atoms with E-state index in [1.165, 1.54) is 6.42 Å². The highest BCUT2D eigenvalue weighted by Gasteiger charge is 2.44. The molecule has 0 unspecified atom stereocenters. The molecule has 1 N–H and O–H groups in total. The largest absolute Gasteiger partial charge is 0.497 e. The minimum absolute atomic E-state index is 0.125. The molecule has 0 saturated heterocycles. The van der Waals surface area contributed by atoms with Crippen LogP contribution in [0.1, 0.15) is 51.4 Å². The van der Waals surface area contributed by atoms with Crippen molar-refractivity contribution in [3.05, 3.63) is 78.4 Å². The molecule has 0 spiro atoms. The standard InChI is InChI=1S/C33H45N2O4P/c1-23(2)29-19-13-24(3)21-32(29)39-40(36,28-17-14-26(15-18-28)35(4)5)33(34-25-11-9-8-10-12-25)30-22-27(37-6)16-20-31(30)38-7/h8-12,14-18,20,22-24,29,32-34H,13,19,21H2,1-7H3/t24-,29+,32-,33+,40+/m1/s1. The Bertz CT molecular complexity index is 1280. The maximum absolute atomic E-state index is 15.8. The molecule has 0 heterocycles. The second-order valence-electron chi connectivity index (χ2n) is 11.5. The lowest BCUT2D eigenvalue weighted by atomic mass is 9.75. The molecular formula is C33H45N2O4P. The number of anilines is 2. The van der Waals surface area contributed by atoms with Crippen molar-refractivity contribution in [1.82, 2.24) is 0 Å². The Morgan fingerprint density at radius 2 is 1.62 bits per heavy atom. The first-order valence-corrected chi connectivity index (χ1v) is 15.9. The first-order valence-electron chi connectivity index (χ1n) is 14.3. The molecule has 0 amide bonds. The Labute approximate surface area is 240 Å². The van der Waals surface area contributed by atoms with Gasteiger partial charge in [0.15, 0.2) is 0 Å². The van der Waals surface area contributed by atoms with Crippen molar-refractivity contribution >= 4 is 24.0 Å². The predicted molar refractivity (Wildman–Crippen MR) is 167 cm³/mol. The quantitative estimate of drug-likeness (QED) is 0.239. The molecule has 1 saturated carbocycles. The third kappa shape index (κ3) is 6.67. The zero-order valence-electron chi connectivity index (χ0n) is 25.0. The summed E-state index contributed by atoms with van der Waals surface area (Å²) in [7, 11) is 3.65. The van der Waals surface area contributed by atoms with Gasteiger partial charge >= 0.3 is 0 Å². The second-order valence-corrected chi connectivity index (χ2v) is 13.9. The molecule has 6 nitrogen and oxygen atoms in total. The fourth-order valence-corrected chi connectivity index (χ4v) is 8.40. The monoisotopic (exact) mass is 564 g/mol. The van der Waals surface area contributed by atoms with Gasteiger partial charge in [-0.05, 0) is 85.2 Å². The molecule has 3 aromatic rings. The number of nitrogens with zero attached hydrogens (tertiary/aromatic N) is 1. The maximum Gasteiger partial charge on any atom is 0.258 e. The molecule has 216 valence electrons. The van der Waals surface area contributed by atoms with Crippen molar-refractivity contribution < 1.29 is 18.6 Å². The van der Waals surface area contributed by atoms with E-state index in [1.54, 1.807) is 14.2 Å². The average molecular weight is 565 g/mol. The molecular weight excluding hydrogens is 519 g/mol. The van der Waals surface area contributed by atoms with Crippen molar-refractivity contribution in [1.29, 1.82) is 0 Å². The molecule has 4 rings (SSSR count). The summed E-state index contributed by atoms with van der Waals surface area (Å²) in [6.45, 7) is 6.77. The number of nitrogens with one attached hydrogen (secondary N) is 1. The van der Waals surface area contributed by atoms with Crippen LogP contribution >= 0.6 is 7.37 Å². The summed E-state index contributed by atoms with van der Waals surface area (Å²) in [5.41, 5.74) is 2.62. The van der Waals surface area contributed by atoms with Crippen LogP contribution in [-0.4, -0.2) is 34.4 Å². The van der Waals surface area contributed by atoms with Gasteiger partial charge in [-0.1, -0.05) is 45.4 Å². The number of hydrogen-bond acceptors (Lipinski definition) is 6. The highest BCUT2D eigenvalue weighted by Crippen LogP contribution is 2.63. The summed E-state index contributed by atoms with van der Waals surface area (Å²) in [4.78, 5) is 2.04. The lowest BCUT2D eigenvalue weighted by molar-refractivity contribution is 0.0488. The molecule has 1 fully saturated rings. The number of benzene rings is 3. The SMILES string of the molecule is COc1ccc(OC)c([C@@H](Nc2ccccc2)[P@@](=O)(O[C@@H]2C[C@H](C)CC[C@H]2C(C)C)c2ccc(N(C)C)cc2)c1. The van der Waals surface area contributed by atoms with Crippen LogP contribution in [0.3, 0.4) is 0 Å². The number of para-hydroxylation sites is 1. The Morgan fingerprint density at radius 1 is 0.925 bits per heavy atom. The van der Waals surface area contributed by atoms with Crippen LogP contribution in [0.15, 0.2) is 72.8 Å². The molecule has 40 heavy (non-hydrogen) atoms. The van der Waals surface area contributed by atoms with Gasteiger partial charge in [0.1, 0.15) is 17.3 Å². The van der Waals surface area contributed by atoms with E-state index in [9.17, 15) is 0 Å². The Kier molecular flexibility index (Phi) is 9.86. The topological polar surface area (TPSA) is 60.0 Å². The minimum atomic E-state index is -3.63. The van der Waals surface area contributed by atoms with Crippen LogP contribution < -0.4 is 25.0 Å². The van der Waals surface area contributed by atoms with Crippen molar-refractivity contribution in [3.63, 3.8) is 0 Å². The van der Waals surface area contributed by atoms with Gasteiger partial charge in [-0.15, -0.1) is 0 Å². The molecule has 7 heteroatoms. The molecule has 0 aliphatic heterocycles. The molecule has 5 atom stereocenters. The van der Waals surface area contributed by atoms with Crippen molar-refractivity contribution in [3.8, 4) is 11.5 Å². The molecule has 3 aromatic carbocycles. The van der Waals surface area contributed by atoms with Crippen LogP contribution in [0, 0.1) is 17.8 Å². The van der Waals surface area contributed by atoms with Gasteiger partial charge < -0.3 is 24.2 Å². The summed E-state index contributed by atoms with van der Waals surface area (Å²) in [6.07, 6.45) is 3.00. The van der Waals surface area contributed by atoms with E-state index in [0.717, 1.165) is 29.8 Å². The van der Waals surface area contributed by atoms with Gasteiger partial charge in [0.25, 0.3) is 7.37 Å². The number of ether oxygens (including phenoxy) is 2. The molecule has 0 bridgehead atoms. The van der Waals surface area contributed by atoms with Crippen LogP contribution in [0.25, 0.3) is 0 Å². The summed E-state index contributed by atoms with van der Waals surface area (Å²) in [5.74, 6) is 1.84. The van der Waals surface area contributed by atoms with Crippen molar-refractivity contribution in [2.75, 3.05) is 38.5 Å². The summed E-state index contributed by atoms with van der Waals surface area (Å²) >= 11 is 0. The average Bonchev–Trinajstić information content (AvgIpc) is 2.96. The van der Waals surface area contributed by atoms with E-state index in [4.69, 9.17) is 14.0 Å². The van der Waals surface area contributed by atoms with Crippen LogP contribution in [-0.2, 0) is 9.09 Å². The van der Waals surface area contributed by atoms with Crippen molar-refractivity contribution in [2.45, 2.75) is 51.9 Å². The molecule has 1 aliphatic carbocycles. The Balaban J connectivity index is 1.93. The predicted octanol–water partition coefficient (Wildman–Crippen LogP) is 7.96. The zero-order chi connectivity index (χ0) is 28.9. The lowest BCUT2D eigenvalue weighted by Crippen LogP contribution is -2.36. The van der Waals surface area contributed by atoms with Gasteiger partial charge in [0.05, 0.1) is 20.3 Å². The fraction of sp³-hybridized carbons (Fsp3) is 0.455. The van der Waals surface area contributed by atoms with Crippen molar-refractivity contribution in [2.24, 2.45) is 17.8 Å². The number of hydrogen-bond donors (Lipinski definition) is 1. The van der Waals surface area contributed by atoms with Crippen LogP contribution in [0.4, 0.5) is 11.4 Å². The third-order valence-corrected chi connectivity index (χ3v) is 10.8. The summed E-state index contributed by atoms with van der Waals surface area (Å²) in [5, 5.41) is 4.29. The van der Waals surface area contributed by atoms with Gasteiger partial charge in [0, 0.05) is 36.3 Å². The second kappa shape index (κ2) is 13.1. The highest BCUT2D eigenvalue weighted by molar-refractivity contribution is 7.67. The smallest absolute Gasteiger partial charge is 0.258 e. The van der Waals surface area contributed by atoms with E-state index in [-0.39, 0.29) is 6.10 Å². The van der Waals surface area contributed by atoms with Crippen LogP contribution in [0.2, 0.25) is 0 Å². The minimum Gasteiger partial charge on any atom is -0.497 e. The van der Waals surface area contributed by atoms with Gasteiger partial charge in [-0.2, -0.15) is 0 Å². The van der Waals surface area contributed by atoms with E-state index < -0.39 is 13.2 Å². The highest BCUT2D eigenvalue weighted by atomic mass is 31.2. The molecule has 0 aromatic heterocycles. The van der Waals surface area contributed by atoms with E-state index in [2.05, 4.69) is 26.1 Å². The number of rotatable bonds is 11. The maximum atomic E-state index is 15.8. The Morgan fingerprint density at radius 3 is 2.23 bits per heavy atom. The number of methoxy groups -OCH3 is 2. The zero-order valence-corrected chi connectivity index (χ0v) is 25.9. The van der Waals surface area contributed by atoms with Gasteiger partial charge in [-0.25, -0.2) is 0 Å². The first kappa shape index (κ1) is 30.0. The van der Waals surface area contributed by atoms with E-state index in [0.29, 0.717) is 34.6 Å². The van der Waals surface area contributed by atoms with Gasteiger partial charge in [-0.3, -0.25) is 4.57 Å². The molecule has 1 aliphatic rings. The lowest BCUT2D eigenvalue weighted by Gasteiger charge is -2.41. The summed E-state index contributed by atoms with van der Waals surface area (Å²) < 4.78 is 34.3. The van der Waals surface area contributed by atoms with E-state index >= 15 is 4.57 Å². The fourth-order valence-electron chi connectivity index (χ4n) is 5.76. The normalized spacial score (nSPS) is 21.4. The summed E-state index contributed by atoms with van der Waals surface area (Å²) in [6, 6.07) is 23.5. The first-order chi connectivity index (χ1) is 19.2. The van der Waals surface area contributed by atoms with E-state index in [1.807, 2.05) is 91.8 Å². The Hall–Kier alpha value is -2.95. The van der Waals surface area contributed by atoms with Crippen LogP contribution in [0.5, 0.6) is 11.5 Å².